The number of nitrogens with one attached hydrogen (secondary N) is 1. The van der Waals surface area contributed by atoms with Crippen molar-refractivity contribution >= 4 is 23.0 Å². The molecule has 0 bridgehead atoms. The van der Waals surface area contributed by atoms with Crippen LogP contribution in [0.15, 0.2) is 24.3 Å². The summed E-state index contributed by atoms with van der Waals surface area (Å²) in [5.41, 5.74) is 0.235. The zero-order chi connectivity index (χ0) is 19.4. The average Bonchev–Trinajstić information content (AvgIpc) is 3.30. The fraction of sp³-hybridized carbons (Fsp3) is 0.556. The third-order valence-electron chi connectivity index (χ3n) is 3.40. The number of epoxide rings is 1. The number of thioether (sulfide) groups is 1. The molecule has 0 saturated carbocycles. The zero-order valence-electron chi connectivity index (χ0n) is 15.4. The van der Waals surface area contributed by atoms with Gasteiger partial charge in [-0.15, -0.1) is 0 Å². The van der Waals surface area contributed by atoms with Gasteiger partial charge < -0.3 is 24.6 Å². The molecule has 0 radical (unpaired) electrons. The summed E-state index contributed by atoms with van der Waals surface area (Å²) in [6.45, 7) is 7.27. The molecule has 2 rings (SSSR count). The number of ether oxygens (including phenoxy) is 3. The van der Waals surface area contributed by atoms with Crippen LogP contribution in [0.2, 0.25) is 0 Å². The number of para-hydroxylation sites is 1. The van der Waals surface area contributed by atoms with Crippen LogP contribution in [0.1, 0.15) is 33.3 Å². The largest absolute Gasteiger partial charge is 0.418 e. The van der Waals surface area contributed by atoms with Crippen LogP contribution in [0.25, 0.3) is 0 Å². The predicted molar refractivity (Wildman–Crippen MR) is 98.1 cm³/mol. The van der Waals surface area contributed by atoms with Crippen LogP contribution >= 0.6 is 11.8 Å². The van der Waals surface area contributed by atoms with E-state index in [-0.39, 0.29) is 18.3 Å². The van der Waals surface area contributed by atoms with Crippen LogP contribution in [0, 0.1) is 0 Å². The third kappa shape index (κ3) is 5.98. The van der Waals surface area contributed by atoms with Crippen molar-refractivity contribution in [2.45, 2.75) is 45.1 Å². The van der Waals surface area contributed by atoms with Crippen molar-refractivity contribution in [3.05, 3.63) is 29.8 Å². The van der Waals surface area contributed by atoms with Gasteiger partial charge in [0.05, 0.1) is 23.8 Å². The topological polar surface area (TPSA) is 97.4 Å². The maximum Gasteiger partial charge on any atom is 0.372 e. The summed E-state index contributed by atoms with van der Waals surface area (Å²) in [5, 5.41) is 11.3. The van der Waals surface area contributed by atoms with E-state index in [1.807, 2.05) is 26.8 Å². The molecule has 0 aliphatic carbocycles. The minimum absolute atomic E-state index is 0.206. The van der Waals surface area contributed by atoms with Crippen molar-refractivity contribution in [3.8, 4) is 5.75 Å². The highest BCUT2D eigenvalue weighted by atomic mass is 32.2. The van der Waals surface area contributed by atoms with E-state index in [1.54, 1.807) is 18.2 Å². The maximum atomic E-state index is 12.2. The Bertz CT molecular complexity index is 653. The summed E-state index contributed by atoms with van der Waals surface area (Å²) in [4.78, 5) is 23.2. The lowest BCUT2D eigenvalue weighted by atomic mass is 10.1. The summed E-state index contributed by atoms with van der Waals surface area (Å²) in [6.07, 6.45) is 0. The monoisotopic (exact) mass is 383 g/mol. The molecule has 7 nitrogen and oxygen atoms in total. The zero-order valence-corrected chi connectivity index (χ0v) is 16.2. The second kappa shape index (κ2) is 8.39. The molecule has 1 heterocycles. The molecule has 1 amide bonds. The highest BCUT2D eigenvalue weighted by Crippen LogP contribution is 2.46. The number of hydrogen-bond donors (Lipinski definition) is 2. The Kier molecular flexibility index (Phi) is 6.68. The van der Waals surface area contributed by atoms with Crippen LogP contribution in [0.3, 0.4) is 0 Å². The number of amides is 1. The molecule has 1 fully saturated rings. The number of aliphatic hydroxyl groups excluding tert-OH is 1. The van der Waals surface area contributed by atoms with Crippen LogP contribution in [-0.4, -0.2) is 46.9 Å². The normalized spacial score (nSPS) is 20.3. The van der Waals surface area contributed by atoms with Gasteiger partial charge in [-0.1, -0.05) is 12.1 Å². The van der Waals surface area contributed by atoms with E-state index in [2.05, 4.69) is 5.32 Å². The fourth-order valence-corrected chi connectivity index (χ4v) is 3.09. The molecule has 1 aliphatic heterocycles. The van der Waals surface area contributed by atoms with E-state index in [4.69, 9.17) is 14.2 Å². The number of benzene rings is 1. The molecule has 2 N–H and O–H groups in total. The minimum Gasteiger partial charge on any atom is -0.418 e. The van der Waals surface area contributed by atoms with E-state index in [1.165, 1.54) is 6.92 Å². The van der Waals surface area contributed by atoms with Gasteiger partial charge in [0, 0.05) is 12.7 Å². The summed E-state index contributed by atoms with van der Waals surface area (Å²) >= 11 is 0.881. The SMILES string of the molecule is CC(=O)NC(CO)CSC(=O)Oc1ccccc1C1(OC(C)(C)C)CO1. The number of carbonyl (C=O) groups is 2. The standard InChI is InChI=1S/C18H25NO6S/c1-12(21)19-13(9-20)10-26-16(22)24-15-8-6-5-7-14(15)18(11-23-18)25-17(2,3)4/h5-8,13,20H,9-11H2,1-4H3,(H,19,21). The Morgan fingerprint density at radius 3 is 2.58 bits per heavy atom. The van der Waals surface area contributed by atoms with Crippen LogP contribution in [-0.2, 0) is 20.1 Å². The quantitative estimate of drug-likeness (QED) is 0.551. The van der Waals surface area contributed by atoms with Crippen molar-refractivity contribution in [2.24, 2.45) is 0 Å². The summed E-state index contributed by atoms with van der Waals surface area (Å²) in [7, 11) is 0. The van der Waals surface area contributed by atoms with E-state index >= 15 is 0 Å². The predicted octanol–water partition coefficient (Wildman–Crippen LogP) is 2.41. The highest BCUT2D eigenvalue weighted by Gasteiger charge is 2.52. The van der Waals surface area contributed by atoms with Gasteiger partial charge in [0.15, 0.2) is 0 Å². The van der Waals surface area contributed by atoms with Crippen LogP contribution in [0.4, 0.5) is 4.79 Å². The summed E-state index contributed by atoms with van der Waals surface area (Å²) < 4.78 is 17.0. The van der Waals surface area contributed by atoms with Gasteiger partial charge in [-0.3, -0.25) is 4.79 Å². The summed E-state index contributed by atoms with van der Waals surface area (Å²) in [5.74, 6) is -0.594. The second-order valence-corrected chi connectivity index (χ2v) is 7.95. The van der Waals surface area contributed by atoms with Crippen molar-refractivity contribution in [3.63, 3.8) is 0 Å². The molecule has 1 aromatic carbocycles. The molecule has 2 atom stereocenters. The van der Waals surface area contributed by atoms with E-state index in [9.17, 15) is 14.7 Å². The van der Waals surface area contributed by atoms with Crippen molar-refractivity contribution < 1.29 is 28.9 Å². The molecular formula is C18H25NO6S. The Hall–Kier alpha value is -1.61. The van der Waals surface area contributed by atoms with Gasteiger partial charge in [-0.05, 0) is 44.7 Å². The van der Waals surface area contributed by atoms with Crippen LogP contribution in [0.5, 0.6) is 5.75 Å². The number of rotatable bonds is 7. The molecule has 8 heteroatoms. The first-order valence-electron chi connectivity index (χ1n) is 8.31. The van der Waals surface area contributed by atoms with Gasteiger partial charge in [0.1, 0.15) is 12.4 Å². The number of hydrogen-bond acceptors (Lipinski definition) is 7. The second-order valence-electron chi connectivity index (χ2n) is 7.00. The Morgan fingerprint density at radius 1 is 1.38 bits per heavy atom. The first-order valence-corrected chi connectivity index (χ1v) is 9.30. The first kappa shape index (κ1) is 20.7. The van der Waals surface area contributed by atoms with E-state index in [0.29, 0.717) is 17.9 Å². The fourth-order valence-electron chi connectivity index (χ4n) is 2.42. The van der Waals surface area contributed by atoms with Gasteiger partial charge in [0.2, 0.25) is 11.7 Å². The molecule has 0 aromatic heterocycles. The average molecular weight is 383 g/mol. The van der Waals surface area contributed by atoms with Crippen LogP contribution < -0.4 is 10.1 Å². The molecule has 1 saturated heterocycles. The molecule has 144 valence electrons. The third-order valence-corrected chi connectivity index (χ3v) is 4.29. The molecule has 0 spiro atoms. The molecular weight excluding hydrogens is 358 g/mol. The van der Waals surface area contributed by atoms with Crippen molar-refractivity contribution in [1.82, 2.24) is 5.32 Å². The summed E-state index contributed by atoms with van der Waals surface area (Å²) in [6, 6.07) is 6.56. The Morgan fingerprint density at radius 2 is 2.04 bits per heavy atom. The lowest BCUT2D eigenvalue weighted by molar-refractivity contribution is -0.133. The lowest BCUT2D eigenvalue weighted by Crippen LogP contribution is -2.38. The molecule has 26 heavy (non-hydrogen) atoms. The smallest absolute Gasteiger partial charge is 0.372 e. The van der Waals surface area contributed by atoms with Crippen molar-refractivity contribution in [1.29, 1.82) is 0 Å². The van der Waals surface area contributed by atoms with E-state index in [0.717, 1.165) is 11.8 Å². The Labute approximate surface area is 157 Å². The molecule has 2 unspecified atom stereocenters. The van der Waals surface area contributed by atoms with Crippen molar-refractivity contribution in [2.75, 3.05) is 19.0 Å². The Balaban J connectivity index is 2.02. The first-order chi connectivity index (χ1) is 12.1. The van der Waals surface area contributed by atoms with Gasteiger partial charge in [0.25, 0.3) is 0 Å². The number of aliphatic hydroxyl groups is 1. The van der Waals surface area contributed by atoms with Gasteiger partial charge in [-0.2, -0.15) is 0 Å². The van der Waals surface area contributed by atoms with E-state index < -0.39 is 22.7 Å². The minimum atomic E-state index is -0.899. The van der Waals surface area contributed by atoms with Gasteiger partial charge in [-0.25, -0.2) is 4.79 Å². The lowest BCUT2D eigenvalue weighted by Gasteiger charge is -2.26. The molecule has 1 aliphatic rings. The maximum absolute atomic E-state index is 12.2. The molecule has 1 aromatic rings. The number of carbonyl (C=O) groups excluding carboxylic acids is 2. The highest BCUT2D eigenvalue weighted by molar-refractivity contribution is 8.13. The van der Waals surface area contributed by atoms with Gasteiger partial charge >= 0.3 is 5.30 Å².